The van der Waals surface area contributed by atoms with Crippen LogP contribution in [-0.4, -0.2) is 58.8 Å². The number of carboxylic acids is 1. The Hall–Kier alpha value is -1.93. The molecule has 1 aromatic rings. The summed E-state index contributed by atoms with van der Waals surface area (Å²) in [7, 11) is -3.07. The second-order valence-corrected chi connectivity index (χ2v) is 8.76. The topological polar surface area (TPSA) is 142 Å². The Morgan fingerprint density at radius 3 is 2.52 bits per heavy atom. The molecule has 0 radical (unpaired) electrons. The van der Waals surface area contributed by atoms with Gasteiger partial charge >= 0.3 is 5.97 Å². The first-order valence-electron chi connectivity index (χ1n) is 8.80. The fraction of sp³-hybridized carbons (Fsp3) is 0.529. The zero-order valence-corrected chi connectivity index (χ0v) is 16.3. The summed E-state index contributed by atoms with van der Waals surface area (Å²) in [5, 5.41) is 22.0. The van der Waals surface area contributed by atoms with Crippen LogP contribution in [0.2, 0.25) is 0 Å². The number of unbranched alkanes of at least 4 members (excludes halogenated alkanes) is 1. The number of nitrogens with two attached hydrogens (primary N) is 1. The monoisotopic (exact) mass is 401 g/mol. The van der Waals surface area contributed by atoms with Crippen LogP contribution < -0.4 is 15.6 Å². The summed E-state index contributed by atoms with van der Waals surface area (Å²) in [4.78, 5) is 23.3. The summed E-state index contributed by atoms with van der Waals surface area (Å²) in [5.41, 5.74) is 5.36. The molecule has 5 N–H and O–H groups in total. The molecule has 1 aromatic carbocycles. The number of amides is 1. The molecule has 0 spiro atoms. The first-order valence-corrected chi connectivity index (χ1v) is 10.8. The number of carbonyl (C=O) groups is 2. The van der Waals surface area contributed by atoms with E-state index < -0.39 is 25.3 Å². The molecule has 10 heteroatoms. The number of hydroxylamine groups is 2. The minimum Gasteiger partial charge on any atom is -0.480 e. The van der Waals surface area contributed by atoms with Crippen molar-refractivity contribution < 1.29 is 29.0 Å². The summed E-state index contributed by atoms with van der Waals surface area (Å²) in [5.74, 6) is -1.66. The summed E-state index contributed by atoms with van der Waals surface area (Å²) in [6.45, 7) is 1.75. The van der Waals surface area contributed by atoms with E-state index in [1.807, 2.05) is 6.07 Å². The van der Waals surface area contributed by atoms with Gasteiger partial charge in [0, 0.05) is 6.16 Å². The molecular weight excluding hydrogens is 373 g/mol. The number of hydrogen-bond acceptors (Lipinski definition) is 7. The Labute approximate surface area is 158 Å². The number of para-hydroxylation sites is 1. The number of nitrogens with zero attached hydrogens (tertiary/aromatic N) is 1. The molecule has 0 fully saturated rings. The molecule has 0 aliphatic carbocycles. The quantitative estimate of drug-likeness (QED) is 0.169. The average Bonchev–Trinajstić information content (AvgIpc) is 2.65. The molecule has 2 unspecified atom stereocenters. The van der Waals surface area contributed by atoms with E-state index >= 15 is 0 Å². The van der Waals surface area contributed by atoms with Crippen LogP contribution in [0.3, 0.4) is 0 Å². The molecule has 9 nitrogen and oxygen atoms in total. The molecule has 2 atom stereocenters. The van der Waals surface area contributed by atoms with E-state index in [0.29, 0.717) is 25.1 Å². The molecule has 0 saturated heterocycles. The van der Waals surface area contributed by atoms with Crippen molar-refractivity contribution in [2.24, 2.45) is 5.73 Å². The molecule has 152 valence electrons. The second kappa shape index (κ2) is 11.7. The lowest BCUT2D eigenvalue weighted by molar-refractivity contribution is -0.185. The van der Waals surface area contributed by atoms with Gasteiger partial charge in [0.15, 0.2) is 6.04 Å². The molecule has 0 aliphatic rings. The van der Waals surface area contributed by atoms with Crippen LogP contribution in [-0.2, 0) is 14.2 Å². The van der Waals surface area contributed by atoms with Crippen molar-refractivity contribution in [2.45, 2.75) is 32.2 Å². The van der Waals surface area contributed by atoms with Crippen molar-refractivity contribution in [1.29, 1.82) is 0 Å². The van der Waals surface area contributed by atoms with E-state index in [1.165, 1.54) is 0 Å². The van der Waals surface area contributed by atoms with Gasteiger partial charge < -0.3 is 15.4 Å². The molecule has 0 heterocycles. The van der Waals surface area contributed by atoms with Gasteiger partial charge in [-0.3, -0.25) is 19.9 Å². The summed E-state index contributed by atoms with van der Waals surface area (Å²) in [6, 6.07) is 7.34. The van der Waals surface area contributed by atoms with Gasteiger partial charge in [0.25, 0.3) is 13.3 Å². The normalized spacial score (nSPS) is 14.2. The van der Waals surface area contributed by atoms with Crippen molar-refractivity contribution in [3.8, 4) is 5.75 Å². The van der Waals surface area contributed by atoms with E-state index in [1.54, 1.807) is 31.2 Å². The smallest absolute Gasteiger partial charge is 0.329 e. The maximum atomic E-state index is 12.7. The second-order valence-electron chi connectivity index (χ2n) is 6.00. The maximum Gasteiger partial charge on any atom is 0.329 e. The standard InChI is InChI=1S/C17H28N3O6P/c1-2-27(25,26-14-8-4-3-5-9-14)13-19-12-16(21)20(24)15(17(22)23)10-6-7-11-18/h3-5,8-9,15,19,24H,2,6-7,10-13,18H2,1H3,(H,22,23). The van der Waals surface area contributed by atoms with Crippen LogP contribution in [0.1, 0.15) is 26.2 Å². The third-order valence-corrected chi connectivity index (χ3v) is 6.11. The summed E-state index contributed by atoms with van der Waals surface area (Å²) >= 11 is 0. The fourth-order valence-electron chi connectivity index (χ4n) is 2.30. The van der Waals surface area contributed by atoms with E-state index in [9.17, 15) is 24.5 Å². The van der Waals surface area contributed by atoms with Crippen LogP contribution in [0.5, 0.6) is 5.75 Å². The average molecular weight is 401 g/mol. The third kappa shape index (κ3) is 8.09. The SMILES string of the molecule is CCP(=O)(CNCC(=O)N(O)C(CCCCN)C(=O)O)Oc1ccccc1. The highest BCUT2D eigenvalue weighted by molar-refractivity contribution is 7.59. The molecule has 0 aliphatic heterocycles. The fourth-order valence-corrected chi connectivity index (χ4v) is 3.68. The van der Waals surface area contributed by atoms with Gasteiger partial charge in [-0.1, -0.05) is 25.1 Å². The first kappa shape index (κ1) is 23.1. The van der Waals surface area contributed by atoms with Crippen LogP contribution in [0.15, 0.2) is 30.3 Å². The van der Waals surface area contributed by atoms with E-state index in [0.717, 1.165) is 0 Å². The van der Waals surface area contributed by atoms with Crippen molar-refractivity contribution in [2.75, 3.05) is 25.5 Å². The lowest BCUT2D eigenvalue weighted by Crippen LogP contribution is -2.46. The predicted octanol–water partition coefficient (Wildman–Crippen LogP) is 1.71. The number of hydrogen-bond donors (Lipinski definition) is 4. The van der Waals surface area contributed by atoms with E-state index in [-0.39, 0.29) is 30.5 Å². The van der Waals surface area contributed by atoms with Gasteiger partial charge in [-0.2, -0.15) is 0 Å². The molecule has 1 amide bonds. The van der Waals surface area contributed by atoms with Gasteiger partial charge in [-0.05, 0) is 37.9 Å². The Morgan fingerprint density at radius 2 is 1.96 bits per heavy atom. The molecule has 0 aromatic heterocycles. The van der Waals surface area contributed by atoms with Gasteiger partial charge in [-0.15, -0.1) is 0 Å². The molecule has 1 rings (SSSR count). The van der Waals surface area contributed by atoms with Gasteiger partial charge in [-0.25, -0.2) is 9.86 Å². The van der Waals surface area contributed by atoms with Gasteiger partial charge in [0.2, 0.25) is 0 Å². The molecule has 0 bridgehead atoms. The molecular formula is C17H28N3O6P. The van der Waals surface area contributed by atoms with Crippen molar-refractivity contribution in [1.82, 2.24) is 10.4 Å². The third-order valence-electron chi connectivity index (χ3n) is 3.89. The Bertz CT molecular complexity index is 643. The Kier molecular flexibility index (Phi) is 10.0. The van der Waals surface area contributed by atoms with E-state index in [4.69, 9.17) is 10.3 Å². The first-order chi connectivity index (χ1) is 12.8. The number of carbonyl (C=O) groups excluding carboxylic acids is 1. The van der Waals surface area contributed by atoms with Crippen LogP contribution in [0, 0.1) is 0 Å². The Balaban J connectivity index is 2.55. The van der Waals surface area contributed by atoms with Crippen molar-refractivity contribution in [3.63, 3.8) is 0 Å². The zero-order chi connectivity index (χ0) is 20.3. The highest BCUT2D eigenvalue weighted by Crippen LogP contribution is 2.45. The van der Waals surface area contributed by atoms with Crippen molar-refractivity contribution in [3.05, 3.63) is 30.3 Å². The van der Waals surface area contributed by atoms with Crippen LogP contribution >= 0.6 is 7.37 Å². The van der Waals surface area contributed by atoms with Crippen molar-refractivity contribution >= 4 is 19.2 Å². The minimum absolute atomic E-state index is 0.0805. The molecule has 27 heavy (non-hydrogen) atoms. The van der Waals surface area contributed by atoms with Crippen LogP contribution in [0.25, 0.3) is 0 Å². The minimum atomic E-state index is -3.07. The van der Waals surface area contributed by atoms with Gasteiger partial charge in [0.1, 0.15) is 5.75 Å². The zero-order valence-electron chi connectivity index (χ0n) is 15.4. The summed E-state index contributed by atoms with van der Waals surface area (Å²) in [6.07, 6.45) is 1.34. The predicted molar refractivity (Wildman–Crippen MR) is 101 cm³/mol. The summed E-state index contributed by atoms with van der Waals surface area (Å²) < 4.78 is 18.3. The van der Waals surface area contributed by atoms with Crippen LogP contribution in [0.4, 0.5) is 0 Å². The number of benzene rings is 1. The lowest BCUT2D eigenvalue weighted by atomic mass is 10.1. The lowest BCUT2D eigenvalue weighted by Gasteiger charge is -2.23. The maximum absolute atomic E-state index is 12.7. The highest BCUT2D eigenvalue weighted by atomic mass is 31.2. The Morgan fingerprint density at radius 1 is 1.30 bits per heavy atom. The number of rotatable bonds is 13. The number of nitrogens with one attached hydrogen (secondary N) is 1. The number of aliphatic carboxylic acids is 1. The largest absolute Gasteiger partial charge is 0.480 e. The number of carboxylic acid groups (broad SMARTS) is 1. The van der Waals surface area contributed by atoms with Gasteiger partial charge in [0.05, 0.1) is 12.8 Å². The molecule has 0 saturated carbocycles. The van der Waals surface area contributed by atoms with E-state index in [2.05, 4.69) is 5.32 Å². The highest BCUT2D eigenvalue weighted by Gasteiger charge is 2.29.